The van der Waals surface area contributed by atoms with Gasteiger partial charge in [0.25, 0.3) is 0 Å². The lowest BCUT2D eigenvalue weighted by Gasteiger charge is -2.57. The van der Waals surface area contributed by atoms with Crippen molar-refractivity contribution in [2.45, 2.75) is 99.5 Å². The minimum absolute atomic E-state index is 0.00489. The maximum Gasteiger partial charge on any atom is 0.302 e. The Morgan fingerprint density at radius 2 is 1.64 bits per heavy atom. The molecule has 0 aliphatic heterocycles. The van der Waals surface area contributed by atoms with Crippen LogP contribution in [0.15, 0.2) is 23.8 Å². The van der Waals surface area contributed by atoms with Gasteiger partial charge in [-0.2, -0.15) is 0 Å². The van der Waals surface area contributed by atoms with Crippen LogP contribution in [0.3, 0.4) is 0 Å². The Morgan fingerprint density at radius 1 is 0.970 bits per heavy atom. The van der Waals surface area contributed by atoms with E-state index in [1.165, 1.54) is 38.2 Å². The number of carbonyl (C=O) groups excluding carboxylic acids is 2. The fourth-order valence-electron chi connectivity index (χ4n) is 8.28. The van der Waals surface area contributed by atoms with Gasteiger partial charge in [-0.1, -0.05) is 59.3 Å². The third-order valence-electron chi connectivity index (χ3n) is 10.7. The molecule has 184 valence electrons. The van der Waals surface area contributed by atoms with Gasteiger partial charge in [-0.05, 0) is 97.4 Å². The maximum atomic E-state index is 13.4. The number of fused-ring (bicyclic) bond motifs is 5. The molecule has 3 heteroatoms. The van der Waals surface area contributed by atoms with E-state index in [-0.39, 0.29) is 23.4 Å². The SMILES string of the molecule is CC(=O)OC1CC[C@@]2(C)C(C1)C(=O)C=C1[C@@H]3CC[C@H]([C@H](C)C=C[C@H](C)C(C)C)[C@@]3(C)CC[C@@H]12. The van der Waals surface area contributed by atoms with Crippen molar-refractivity contribution in [1.82, 2.24) is 0 Å². The Morgan fingerprint density at radius 3 is 2.30 bits per heavy atom. The van der Waals surface area contributed by atoms with E-state index in [0.717, 1.165) is 12.8 Å². The molecule has 3 nitrogen and oxygen atoms in total. The Labute approximate surface area is 201 Å². The molecule has 0 aromatic heterocycles. The maximum absolute atomic E-state index is 13.4. The zero-order chi connectivity index (χ0) is 24.1. The number of ketones is 1. The van der Waals surface area contributed by atoms with Crippen molar-refractivity contribution < 1.29 is 14.3 Å². The first-order valence-corrected chi connectivity index (χ1v) is 13.6. The summed E-state index contributed by atoms with van der Waals surface area (Å²) in [7, 11) is 0. The highest BCUT2D eigenvalue weighted by atomic mass is 16.5. The molecule has 0 aromatic carbocycles. The van der Waals surface area contributed by atoms with Crippen LogP contribution in [0.1, 0.15) is 93.4 Å². The number of esters is 1. The average molecular weight is 455 g/mol. The first-order valence-electron chi connectivity index (χ1n) is 13.6. The third-order valence-corrected chi connectivity index (χ3v) is 10.7. The molecule has 0 saturated heterocycles. The molecule has 4 rings (SSSR count). The van der Waals surface area contributed by atoms with Gasteiger partial charge in [0.15, 0.2) is 5.78 Å². The van der Waals surface area contributed by atoms with Gasteiger partial charge in [-0.15, -0.1) is 0 Å². The summed E-state index contributed by atoms with van der Waals surface area (Å²) in [6, 6.07) is 0. The van der Waals surface area contributed by atoms with Crippen molar-refractivity contribution in [1.29, 1.82) is 0 Å². The lowest BCUT2D eigenvalue weighted by molar-refractivity contribution is -0.155. The minimum Gasteiger partial charge on any atom is -0.463 e. The molecule has 2 unspecified atom stereocenters. The zero-order valence-corrected chi connectivity index (χ0v) is 22.0. The van der Waals surface area contributed by atoms with Gasteiger partial charge in [-0.3, -0.25) is 9.59 Å². The standard InChI is InChI=1S/C30H46O3/c1-18(2)19(3)8-9-20(4)24-10-11-25-23-17-28(32)27-16-22(33-21(5)31)12-14-30(27,7)26(23)13-15-29(24,25)6/h8-9,17-20,22,24-27H,10-16H2,1-7H3/t19-,20+,22?,24+,25-,26-,27?,29+,30+/m0/s1. The van der Waals surface area contributed by atoms with Crippen LogP contribution in [0, 0.1) is 52.3 Å². The minimum atomic E-state index is -0.223. The van der Waals surface area contributed by atoms with Gasteiger partial charge in [-0.25, -0.2) is 0 Å². The highest BCUT2D eigenvalue weighted by molar-refractivity contribution is 5.94. The van der Waals surface area contributed by atoms with Gasteiger partial charge >= 0.3 is 5.97 Å². The normalized spacial score (nSPS) is 42.4. The number of allylic oxidation sites excluding steroid dienone is 4. The largest absolute Gasteiger partial charge is 0.463 e. The summed E-state index contributed by atoms with van der Waals surface area (Å²) in [5.74, 6) is 3.72. The van der Waals surface area contributed by atoms with Crippen molar-refractivity contribution in [3.8, 4) is 0 Å². The van der Waals surface area contributed by atoms with Crippen molar-refractivity contribution in [3.63, 3.8) is 0 Å². The van der Waals surface area contributed by atoms with Crippen LogP contribution in [0.25, 0.3) is 0 Å². The molecule has 0 aromatic rings. The third kappa shape index (κ3) is 4.27. The molecule has 4 aliphatic rings. The number of carbonyl (C=O) groups is 2. The predicted molar refractivity (Wildman–Crippen MR) is 133 cm³/mol. The second-order valence-corrected chi connectivity index (χ2v) is 12.8. The highest BCUT2D eigenvalue weighted by Gasteiger charge is 2.59. The van der Waals surface area contributed by atoms with E-state index in [1.54, 1.807) is 0 Å². The average Bonchev–Trinajstić information content (AvgIpc) is 3.10. The summed E-state index contributed by atoms with van der Waals surface area (Å²) >= 11 is 0. The van der Waals surface area contributed by atoms with E-state index in [9.17, 15) is 9.59 Å². The Hall–Kier alpha value is -1.38. The van der Waals surface area contributed by atoms with Crippen LogP contribution >= 0.6 is 0 Å². The molecule has 0 radical (unpaired) electrons. The fourth-order valence-corrected chi connectivity index (χ4v) is 8.28. The summed E-state index contributed by atoms with van der Waals surface area (Å²) in [6.45, 7) is 15.7. The summed E-state index contributed by atoms with van der Waals surface area (Å²) < 4.78 is 5.53. The first-order chi connectivity index (χ1) is 15.5. The van der Waals surface area contributed by atoms with Crippen molar-refractivity contribution in [3.05, 3.63) is 23.8 Å². The van der Waals surface area contributed by atoms with Crippen LogP contribution < -0.4 is 0 Å². The summed E-state index contributed by atoms with van der Waals surface area (Å²) in [4.78, 5) is 24.9. The Balaban J connectivity index is 1.56. The smallest absolute Gasteiger partial charge is 0.302 e. The van der Waals surface area contributed by atoms with Gasteiger partial charge < -0.3 is 4.74 Å². The molecule has 3 saturated carbocycles. The van der Waals surface area contributed by atoms with Gasteiger partial charge in [0.1, 0.15) is 6.10 Å². The van der Waals surface area contributed by atoms with Crippen LogP contribution in [0.4, 0.5) is 0 Å². The van der Waals surface area contributed by atoms with E-state index in [1.807, 2.05) is 0 Å². The fraction of sp³-hybridized carbons (Fsp3) is 0.800. The van der Waals surface area contributed by atoms with E-state index in [4.69, 9.17) is 4.74 Å². The molecule has 3 fully saturated rings. The molecule has 9 atom stereocenters. The van der Waals surface area contributed by atoms with E-state index >= 15 is 0 Å². The summed E-state index contributed by atoms with van der Waals surface area (Å²) in [5, 5.41) is 0. The summed E-state index contributed by atoms with van der Waals surface area (Å²) in [5.41, 5.74) is 1.80. The zero-order valence-electron chi connectivity index (χ0n) is 22.0. The number of ether oxygens (including phenoxy) is 1. The van der Waals surface area contributed by atoms with Gasteiger partial charge in [0, 0.05) is 12.8 Å². The van der Waals surface area contributed by atoms with Gasteiger partial charge in [0.2, 0.25) is 0 Å². The second kappa shape index (κ2) is 9.00. The van der Waals surface area contributed by atoms with Crippen molar-refractivity contribution in [2.24, 2.45) is 52.3 Å². The van der Waals surface area contributed by atoms with Crippen LogP contribution in [-0.4, -0.2) is 17.9 Å². The molecule has 0 bridgehead atoms. The number of hydrogen-bond acceptors (Lipinski definition) is 3. The highest BCUT2D eigenvalue weighted by Crippen LogP contribution is 2.66. The van der Waals surface area contributed by atoms with Crippen LogP contribution in [0.2, 0.25) is 0 Å². The first kappa shape index (κ1) is 24.7. The van der Waals surface area contributed by atoms with Gasteiger partial charge in [0.05, 0.1) is 0 Å². The molecule has 33 heavy (non-hydrogen) atoms. The number of rotatable bonds is 5. The molecular formula is C30H46O3. The Kier molecular flexibility index (Phi) is 6.75. The second-order valence-electron chi connectivity index (χ2n) is 12.8. The van der Waals surface area contributed by atoms with Crippen molar-refractivity contribution >= 4 is 11.8 Å². The van der Waals surface area contributed by atoms with Crippen LogP contribution in [0.5, 0.6) is 0 Å². The predicted octanol–water partition coefficient (Wildman–Crippen LogP) is 7.16. The molecule has 0 spiro atoms. The molecule has 4 aliphatic carbocycles. The molecule has 0 amide bonds. The monoisotopic (exact) mass is 454 g/mol. The number of hydrogen-bond donors (Lipinski definition) is 0. The van der Waals surface area contributed by atoms with Crippen LogP contribution in [-0.2, 0) is 14.3 Å². The lowest BCUT2D eigenvalue weighted by Crippen LogP contribution is -2.52. The van der Waals surface area contributed by atoms with E-state index in [2.05, 4.69) is 59.8 Å². The molecular weight excluding hydrogens is 408 g/mol. The quantitative estimate of drug-likeness (QED) is 0.327. The van der Waals surface area contributed by atoms with E-state index < -0.39 is 0 Å². The summed E-state index contributed by atoms with van der Waals surface area (Å²) in [6.07, 6.45) is 14.5. The van der Waals surface area contributed by atoms with E-state index in [0.29, 0.717) is 53.1 Å². The molecule has 0 heterocycles. The molecule has 0 N–H and O–H groups in total. The van der Waals surface area contributed by atoms with Crippen molar-refractivity contribution in [2.75, 3.05) is 0 Å². The Bertz CT molecular complexity index is 837. The lowest BCUT2D eigenvalue weighted by atomic mass is 9.47. The topological polar surface area (TPSA) is 43.4 Å².